The summed E-state index contributed by atoms with van der Waals surface area (Å²) in [5.74, 6) is -0.0326. The zero-order chi connectivity index (χ0) is 12.1. The smallest absolute Gasteiger partial charge is 0.335 e. The number of benzene rings is 1. The van der Waals surface area contributed by atoms with Crippen molar-refractivity contribution in [2.75, 3.05) is 32.1 Å². The zero-order valence-electron chi connectivity index (χ0n) is 9.43. The maximum absolute atomic E-state index is 10.8. The van der Waals surface area contributed by atoms with Gasteiger partial charge in [-0.15, -0.1) is 11.8 Å². The van der Waals surface area contributed by atoms with Crippen LogP contribution in [-0.2, 0) is 0 Å². The Morgan fingerprint density at radius 1 is 1.50 bits per heavy atom. The fraction of sp³-hybridized carbons (Fsp3) is 0.364. The van der Waals surface area contributed by atoms with Crippen LogP contribution < -0.4 is 5.73 Å². The Hall–Kier alpha value is -1.20. The Kier molecular flexibility index (Phi) is 4.64. The number of hydrogen-bond acceptors (Lipinski definition) is 4. The summed E-state index contributed by atoms with van der Waals surface area (Å²) in [4.78, 5) is 13.7. The van der Waals surface area contributed by atoms with Crippen molar-refractivity contribution in [3.63, 3.8) is 0 Å². The van der Waals surface area contributed by atoms with Crippen molar-refractivity contribution in [2.24, 2.45) is 0 Å². The second-order valence-electron chi connectivity index (χ2n) is 3.71. The van der Waals surface area contributed by atoms with Crippen LogP contribution in [0.5, 0.6) is 0 Å². The van der Waals surface area contributed by atoms with Crippen molar-refractivity contribution in [2.45, 2.75) is 4.90 Å². The van der Waals surface area contributed by atoms with Crippen LogP contribution in [-0.4, -0.2) is 42.4 Å². The summed E-state index contributed by atoms with van der Waals surface area (Å²) in [7, 11) is 4.00. The third kappa shape index (κ3) is 3.75. The maximum Gasteiger partial charge on any atom is 0.335 e. The van der Waals surface area contributed by atoms with Crippen molar-refractivity contribution in [1.29, 1.82) is 0 Å². The Morgan fingerprint density at radius 2 is 2.19 bits per heavy atom. The number of nitrogen functional groups attached to an aromatic ring is 1. The first-order chi connectivity index (χ1) is 7.50. The molecule has 4 nitrogen and oxygen atoms in total. The molecule has 1 aromatic rings. The summed E-state index contributed by atoms with van der Waals surface area (Å²) in [6.45, 7) is 0.932. The number of hydrogen-bond donors (Lipinski definition) is 2. The quantitative estimate of drug-likeness (QED) is 0.604. The number of carboxylic acids is 1. The molecule has 0 bridgehead atoms. The van der Waals surface area contributed by atoms with E-state index >= 15 is 0 Å². The Balaban J connectivity index is 2.70. The molecular formula is C11H16N2O2S. The lowest BCUT2D eigenvalue weighted by atomic mass is 10.2. The molecule has 88 valence electrons. The minimum atomic E-state index is -0.922. The van der Waals surface area contributed by atoms with Gasteiger partial charge in [-0.3, -0.25) is 0 Å². The zero-order valence-corrected chi connectivity index (χ0v) is 10.3. The molecule has 0 atom stereocenters. The molecule has 16 heavy (non-hydrogen) atoms. The van der Waals surface area contributed by atoms with E-state index in [4.69, 9.17) is 10.8 Å². The summed E-state index contributed by atoms with van der Waals surface area (Å²) in [6.07, 6.45) is 0. The van der Waals surface area contributed by atoms with Gasteiger partial charge in [-0.1, -0.05) is 0 Å². The first-order valence-corrected chi connectivity index (χ1v) is 5.89. The molecule has 1 rings (SSSR count). The summed E-state index contributed by atoms with van der Waals surface area (Å²) >= 11 is 1.58. The molecule has 0 amide bonds. The molecule has 0 radical (unpaired) electrons. The molecule has 0 saturated heterocycles. The van der Waals surface area contributed by atoms with Gasteiger partial charge in [0.05, 0.1) is 5.56 Å². The molecule has 0 unspecified atom stereocenters. The third-order valence-corrected chi connectivity index (χ3v) is 3.11. The van der Waals surface area contributed by atoms with Gasteiger partial charge in [0, 0.05) is 22.9 Å². The van der Waals surface area contributed by atoms with Gasteiger partial charge in [0.15, 0.2) is 0 Å². The van der Waals surface area contributed by atoms with Crippen LogP contribution in [0.2, 0.25) is 0 Å². The van der Waals surface area contributed by atoms with Gasteiger partial charge < -0.3 is 15.7 Å². The number of thioether (sulfide) groups is 1. The van der Waals surface area contributed by atoms with Crippen molar-refractivity contribution >= 4 is 23.4 Å². The van der Waals surface area contributed by atoms with Gasteiger partial charge in [0.2, 0.25) is 0 Å². The van der Waals surface area contributed by atoms with Gasteiger partial charge in [-0.05, 0) is 32.3 Å². The highest BCUT2D eigenvalue weighted by atomic mass is 32.2. The van der Waals surface area contributed by atoms with Crippen LogP contribution in [0, 0.1) is 0 Å². The fourth-order valence-corrected chi connectivity index (χ4v) is 2.25. The van der Waals surface area contributed by atoms with Crippen molar-refractivity contribution in [3.05, 3.63) is 23.8 Å². The van der Waals surface area contributed by atoms with E-state index in [1.165, 1.54) is 6.07 Å². The molecular weight excluding hydrogens is 224 g/mol. The second kappa shape index (κ2) is 5.77. The monoisotopic (exact) mass is 240 g/mol. The third-order valence-electron chi connectivity index (χ3n) is 2.06. The normalized spacial score (nSPS) is 10.7. The Labute approximate surface area is 99.4 Å². The summed E-state index contributed by atoms with van der Waals surface area (Å²) in [6, 6.07) is 4.78. The highest BCUT2D eigenvalue weighted by Gasteiger charge is 2.07. The molecule has 0 aromatic heterocycles. The molecule has 3 N–H and O–H groups in total. The lowest BCUT2D eigenvalue weighted by molar-refractivity contribution is 0.0696. The predicted octanol–water partition coefficient (Wildman–Crippen LogP) is 1.62. The molecule has 1 aromatic carbocycles. The molecule has 0 spiro atoms. The lowest BCUT2D eigenvalue weighted by Gasteiger charge is -2.10. The molecule has 0 heterocycles. The van der Waals surface area contributed by atoms with E-state index in [0.717, 1.165) is 17.2 Å². The molecule has 5 heteroatoms. The molecule has 0 aliphatic rings. The number of anilines is 1. The minimum absolute atomic E-state index is 0.279. The van der Waals surface area contributed by atoms with Crippen LogP contribution >= 0.6 is 11.8 Å². The summed E-state index contributed by atoms with van der Waals surface area (Å²) < 4.78 is 0. The Morgan fingerprint density at radius 3 is 2.75 bits per heavy atom. The molecule has 0 fully saturated rings. The van der Waals surface area contributed by atoms with E-state index in [-0.39, 0.29) is 5.56 Å². The number of rotatable bonds is 5. The van der Waals surface area contributed by atoms with Crippen molar-refractivity contribution < 1.29 is 9.90 Å². The fourth-order valence-electron chi connectivity index (χ4n) is 1.13. The van der Waals surface area contributed by atoms with E-state index in [0.29, 0.717) is 5.69 Å². The van der Waals surface area contributed by atoms with Crippen LogP contribution in [0.4, 0.5) is 5.69 Å². The summed E-state index contributed by atoms with van der Waals surface area (Å²) in [5.41, 5.74) is 6.69. The second-order valence-corrected chi connectivity index (χ2v) is 4.85. The average Bonchev–Trinajstić information content (AvgIpc) is 2.20. The minimum Gasteiger partial charge on any atom is -0.478 e. The van der Waals surface area contributed by atoms with Crippen LogP contribution in [0.1, 0.15) is 10.4 Å². The first kappa shape index (κ1) is 12.9. The average molecular weight is 240 g/mol. The summed E-state index contributed by atoms with van der Waals surface area (Å²) in [5, 5.41) is 8.86. The molecule has 0 aliphatic carbocycles. The largest absolute Gasteiger partial charge is 0.478 e. The van der Waals surface area contributed by atoms with Crippen molar-refractivity contribution in [1.82, 2.24) is 4.90 Å². The number of carbonyl (C=O) groups is 1. The van der Waals surface area contributed by atoms with Crippen LogP contribution in [0.15, 0.2) is 23.1 Å². The van der Waals surface area contributed by atoms with Gasteiger partial charge in [0.1, 0.15) is 0 Å². The molecule has 0 saturated carbocycles. The number of aromatic carboxylic acids is 1. The SMILES string of the molecule is CN(C)CCSc1cc(C(=O)O)ccc1N. The van der Waals surface area contributed by atoms with E-state index in [2.05, 4.69) is 4.90 Å². The molecule has 0 aliphatic heterocycles. The van der Waals surface area contributed by atoms with Gasteiger partial charge in [-0.25, -0.2) is 4.79 Å². The number of carboxylic acid groups (broad SMARTS) is 1. The van der Waals surface area contributed by atoms with Gasteiger partial charge in [-0.2, -0.15) is 0 Å². The van der Waals surface area contributed by atoms with Gasteiger partial charge in [0.25, 0.3) is 0 Å². The topological polar surface area (TPSA) is 66.6 Å². The maximum atomic E-state index is 10.8. The Bertz CT molecular complexity index is 380. The van der Waals surface area contributed by atoms with Crippen LogP contribution in [0.3, 0.4) is 0 Å². The lowest BCUT2D eigenvalue weighted by Crippen LogP contribution is -2.14. The first-order valence-electron chi connectivity index (χ1n) is 4.91. The highest BCUT2D eigenvalue weighted by molar-refractivity contribution is 7.99. The van der Waals surface area contributed by atoms with Gasteiger partial charge >= 0.3 is 5.97 Å². The number of nitrogens with zero attached hydrogens (tertiary/aromatic N) is 1. The predicted molar refractivity (Wildman–Crippen MR) is 67.1 cm³/mol. The van der Waals surface area contributed by atoms with E-state index in [9.17, 15) is 4.79 Å². The standard InChI is InChI=1S/C11H16N2O2S/c1-13(2)5-6-16-10-7-8(11(14)15)3-4-9(10)12/h3-4,7H,5-6,12H2,1-2H3,(H,14,15). The highest BCUT2D eigenvalue weighted by Crippen LogP contribution is 2.26. The van der Waals surface area contributed by atoms with E-state index in [1.54, 1.807) is 23.9 Å². The van der Waals surface area contributed by atoms with Crippen molar-refractivity contribution in [3.8, 4) is 0 Å². The van der Waals surface area contributed by atoms with E-state index < -0.39 is 5.97 Å². The van der Waals surface area contributed by atoms with E-state index in [1.807, 2.05) is 14.1 Å². The number of nitrogens with two attached hydrogens (primary N) is 1. The van der Waals surface area contributed by atoms with Crippen LogP contribution in [0.25, 0.3) is 0 Å².